The number of amides is 2. The van der Waals surface area contributed by atoms with Gasteiger partial charge in [0.15, 0.2) is 0 Å². The van der Waals surface area contributed by atoms with E-state index >= 15 is 0 Å². The first kappa shape index (κ1) is 15.9. The molecule has 3 rings (SSSR count). The van der Waals surface area contributed by atoms with E-state index in [0.29, 0.717) is 16.6 Å². The van der Waals surface area contributed by atoms with Crippen molar-refractivity contribution in [2.75, 3.05) is 4.90 Å². The van der Waals surface area contributed by atoms with Crippen molar-refractivity contribution < 1.29 is 18.0 Å². The van der Waals surface area contributed by atoms with E-state index in [-0.39, 0.29) is 6.54 Å². The number of nitrogens with two attached hydrogens (primary N) is 1. The van der Waals surface area contributed by atoms with Crippen molar-refractivity contribution in [1.82, 2.24) is 10.2 Å². The first-order chi connectivity index (χ1) is 11.4. The molecule has 8 heteroatoms. The third-order valence-corrected chi connectivity index (χ3v) is 3.64. The van der Waals surface area contributed by atoms with Gasteiger partial charge in [-0.25, -0.2) is 4.79 Å². The molecule has 3 aromatic rings. The number of aromatic nitrogens is 2. The number of alkyl halides is 3. The smallest absolute Gasteiger partial charge is 0.351 e. The van der Waals surface area contributed by atoms with E-state index in [2.05, 4.69) is 10.2 Å². The molecule has 0 bridgehead atoms. The molecule has 0 saturated carbocycles. The summed E-state index contributed by atoms with van der Waals surface area (Å²) in [5.74, 6) is 0. The summed E-state index contributed by atoms with van der Waals surface area (Å²) < 4.78 is 37.9. The predicted octanol–water partition coefficient (Wildman–Crippen LogP) is 3.67. The molecule has 0 radical (unpaired) electrons. The van der Waals surface area contributed by atoms with E-state index in [1.807, 2.05) is 0 Å². The van der Waals surface area contributed by atoms with E-state index in [0.717, 1.165) is 17.6 Å². The monoisotopic (exact) mass is 334 g/mol. The van der Waals surface area contributed by atoms with Crippen molar-refractivity contribution in [3.8, 4) is 0 Å². The number of hydrogen-bond donors (Lipinski definition) is 2. The van der Waals surface area contributed by atoms with Gasteiger partial charge in [0.2, 0.25) is 0 Å². The molecule has 0 atom stereocenters. The molecule has 0 aliphatic heterocycles. The number of halogens is 3. The zero-order valence-corrected chi connectivity index (χ0v) is 12.3. The van der Waals surface area contributed by atoms with Crippen LogP contribution in [0.1, 0.15) is 11.1 Å². The second-order valence-electron chi connectivity index (χ2n) is 5.23. The van der Waals surface area contributed by atoms with Crippen LogP contribution in [0.2, 0.25) is 0 Å². The normalized spacial score (nSPS) is 11.6. The van der Waals surface area contributed by atoms with Crippen LogP contribution in [-0.2, 0) is 12.7 Å². The zero-order chi connectivity index (χ0) is 17.3. The minimum Gasteiger partial charge on any atom is -0.351 e. The first-order valence-corrected chi connectivity index (χ1v) is 7.01. The van der Waals surface area contributed by atoms with Crippen molar-refractivity contribution in [2.24, 2.45) is 5.73 Å². The lowest BCUT2D eigenvalue weighted by atomic mass is 10.1. The molecule has 3 N–H and O–H groups in total. The number of carbonyl (C=O) groups is 1. The van der Waals surface area contributed by atoms with E-state index in [1.165, 1.54) is 17.0 Å². The molecule has 0 fully saturated rings. The quantitative estimate of drug-likeness (QED) is 0.767. The predicted molar refractivity (Wildman–Crippen MR) is 83.3 cm³/mol. The highest BCUT2D eigenvalue weighted by molar-refractivity contribution is 6.01. The van der Waals surface area contributed by atoms with Crippen LogP contribution in [-0.4, -0.2) is 16.2 Å². The highest BCUT2D eigenvalue weighted by atomic mass is 19.4. The Labute approximate surface area is 134 Å². The number of nitrogens with one attached hydrogen (secondary N) is 1. The van der Waals surface area contributed by atoms with E-state index in [1.54, 1.807) is 24.4 Å². The number of anilines is 1. The van der Waals surface area contributed by atoms with Crippen LogP contribution in [0.5, 0.6) is 0 Å². The Hall–Kier alpha value is -3.03. The maximum absolute atomic E-state index is 12.6. The fraction of sp³-hybridized carbons (Fsp3) is 0.125. The lowest BCUT2D eigenvalue weighted by molar-refractivity contribution is -0.137. The number of rotatable bonds is 3. The van der Waals surface area contributed by atoms with Crippen LogP contribution in [0, 0.1) is 0 Å². The van der Waals surface area contributed by atoms with Crippen LogP contribution in [0.4, 0.5) is 23.7 Å². The van der Waals surface area contributed by atoms with Gasteiger partial charge in [-0.2, -0.15) is 18.3 Å². The van der Waals surface area contributed by atoms with Crippen LogP contribution >= 0.6 is 0 Å². The molecule has 1 heterocycles. The molecule has 0 aliphatic rings. The summed E-state index contributed by atoms with van der Waals surface area (Å²) in [6, 6.07) is 9.14. The van der Waals surface area contributed by atoms with E-state index in [9.17, 15) is 18.0 Å². The average molecular weight is 334 g/mol. The Balaban J connectivity index is 1.93. The minimum absolute atomic E-state index is 0.0533. The third-order valence-electron chi connectivity index (χ3n) is 3.64. The number of H-pyrrole nitrogens is 1. The fourth-order valence-electron chi connectivity index (χ4n) is 2.45. The Morgan fingerprint density at radius 2 is 1.88 bits per heavy atom. The van der Waals surface area contributed by atoms with Gasteiger partial charge in [-0.1, -0.05) is 18.2 Å². The molecule has 0 spiro atoms. The summed E-state index contributed by atoms with van der Waals surface area (Å²) in [5.41, 5.74) is 6.50. The van der Waals surface area contributed by atoms with Crippen LogP contribution in [0.3, 0.4) is 0 Å². The minimum atomic E-state index is -4.40. The molecule has 124 valence electrons. The Kier molecular flexibility index (Phi) is 3.88. The maximum atomic E-state index is 12.6. The molecule has 0 unspecified atom stereocenters. The highest BCUT2D eigenvalue weighted by Crippen LogP contribution is 2.30. The molecule has 2 amide bonds. The second-order valence-corrected chi connectivity index (χ2v) is 5.23. The summed E-state index contributed by atoms with van der Waals surface area (Å²) >= 11 is 0. The molecular formula is C16H13F3N4O. The zero-order valence-electron chi connectivity index (χ0n) is 12.3. The van der Waals surface area contributed by atoms with E-state index < -0.39 is 17.8 Å². The number of aromatic amines is 1. The van der Waals surface area contributed by atoms with Gasteiger partial charge in [-0.15, -0.1) is 0 Å². The van der Waals surface area contributed by atoms with Crippen molar-refractivity contribution in [2.45, 2.75) is 12.7 Å². The van der Waals surface area contributed by atoms with Crippen LogP contribution in [0.25, 0.3) is 10.9 Å². The number of nitrogens with zero attached hydrogens (tertiary/aromatic N) is 2. The number of fused-ring (bicyclic) bond motifs is 1. The molecular weight excluding hydrogens is 321 g/mol. The average Bonchev–Trinajstić information content (AvgIpc) is 3.00. The number of carbonyl (C=O) groups excluding carboxylic acids is 1. The van der Waals surface area contributed by atoms with Crippen molar-refractivity contribution in [3.63, 3.8) is 0 Å². The van der Waals surface area contributed by atoms with Crippen LogP contribution < -0.4 is 10.6 Å². The largest absolute Gasteiger partial charge is 0.416 e. The number of hydrogen-bond acceptors (Lipinski definition) is 2. The first-order valence-electron chi connectivity index (χ1n) is 7.01. The van der Waals surface area contributed by atoms with Gasteiger partial charge in [0.1, 0.15) is 0 Å². The molecule has 2 aromatic carbocycles. The summed E-state index contributed by atoms with van der Waals surface area (Å²) in [4.78, 5) is 13.1. The maximum Gasteiger partial charge on any atom is 0.416 e. The summed E-state index contributed by atoms with van der Waals surface area (Å²) in [5, 5.41) is 7.41. The Morgan fingerprint density at radius 3 is 2.50 bits per heavy atom. The van der Waals surface area contributed by atoms with Gasteiger partial charge in [0, 0.05) is 5.39 Å². The molecule has 1 aromatic heterocycles. The SMILES string of the molecule is NC(=O)N(Cc1ccc(C(F)(F)F)cc1)c1cccc2[nH]ncc12. The fourth-order valence-corrected chi connectivity index (χ4v) is 2.45. The Bertz CT molecular complexity index is 871. The Morgan fingerprint density at radius 1 is 1.17 bits per heavy atom. The van der Waals surface area contributed by atoms with Gasteiger partial charge in [0.25, 0.3) is 0 Å². The lowest BCUT2D eigenvalue weighted by Gasteiger charge is -2.21. The van der Waals surface area contributed by atoms with Crippen molar-refractivity contribution in [1.29, 1.82) is 0 Å². The van der Waals surface area contributed by atoms with Gasteiger partial charge in [0.05, 0.1) is 29.5 Å². The lowest BCUT2D eigenvalue weighted by Crippen LogP contribution is -2.35. The number of urea groups is 1. The molecule has 0 aliphatic carbocycles. The van der Waals surface area contributed by atoms with Crippen molar-refractivity contribution >= 4 is 22.6 Å². The molecule has 0 saturated heterocycles. The standard InChI is InChI=1S/C16H13F3N4O/c17-16(18,19)11-6-4-10(5-7-11)9-23(15(20)24)14-3-1-2-13-12(14)8-21-22-13/h1-8H,9H2,(H2,20,24)(H,21,22). The summed E-state index contributed by atoms with van der Waals surface area (Å²) in [7, 11) is 0. The van der Waals surface area contributed by atoms with E-state index in [4.69, 9.17) is 5.73 Å². The summed E-state index contributed by atoms with van der Waals surface area (Å²) in [6.07, 6.45) is -2.84. The molecule has 24 heavy (non-hydrogen) atoms. The molecule has 5 nitrogen and oxygen atoms in total. The van der Waals surface area contributed by atoms with Gasteiger partial charge >= 0.3 is 12.2 Å². The third kappa shape index (κ3) is 3.03. The van der Waals surface area contributed by atoms with Crippen molar-refractivity contribution in [3.05, 3.63) is 59.8 Å². The summed E-state index contributed by atoms with van der Waals surface area (Å²) in [6.45, 7) is 0.0533. The van der Waals surface area contributed by atoms with Gasteiger partial charge in [-0.3, -0.25) is 10.00 Å². The van der Waals surface area contributed by atoms with Gasteiger partial charge < -0.3 is 5.73 Å². The number of primary amides is 1. The highest BCUT2D eigenvalue weighted by Gasteiger charge is 2.30. The second kappa shape index (κ2) is 5.88. The van der Waals surface area contributed by atoms with Gasteiger partial charge in [-0.05, 0) is 29.8 Å². The topological polar surface area (TPSA) is 75.0 Å². The van der Waals surface area contributed by atoms with Crippen LogP contribution in [0.15, 0.2) is 48.7 Å². The number of benzene rings is 2.